The lowest BCUT2D eigenvalue weighted by atomic mass is 9.97. The van der Waals surface area contributed by atoms with E-state index in [2.05, 4.69) is 15.0 Å². The molecule has 0 aromatic carbocycles. The molecular weight excluding hydrogens is 339 g/mol. The molecule has 8 heteroatoms. The fourth-order valence-corrected chi connectivity index (χ4v) is 3.96. The number of ketones is 1. The first-order valence-electron chi connectivity index (χ1n) is 7.49. The second-order valence-electron chi connectivity index (χ2n) is 5.77. The Bertz CT molecular complexity index is 831. The minimum Gasteiger partial charge on any atom is -0.346 e. The lowest BCUT2D eigenvalue weighted by molar-refractivity contribution is -0.120. The van der Waals surface area contributed by atoms with Crippen molar-refractivity contribution in [2.24, 2.45) is 0 Å². The van der Waals surface area contributed by atoms with Crippen molar-refractivity contribution in [3.05, 3.63) is 16.7 Å². The Kier molecular flexibility index (Phi) is 3.65. The highest BCUT2D eigenvalue weighted by atomic mass is 35.5. The van der Waals surface area contributed by atoms with Crippen molar-refractivity contribution in [2.45, 2.75) is 36.9 Å². The van der Waals surface area contributed by atoms with Crippen LogP contribution in [0.4, 0.5) is 10.2 Å². The highest BCUT2D eigenvalue weighted by Gasteiger charge is 2.36. The first-order valence-corrected chi connectivity index (χ1v) is 9.09. The van der Waals surface area contributed by atoms with E-state index in [1.54, 1.807) is 0 Å². The van der Waals surface area contributed by atoms with Gasteiger partial charge in [-0.3, -0.25) is 4.79 Å². The molecule has 2 aliphatic rings. The van der Waals surface area contributed by atoms with Crippen LogP contribution >= 0.6 is 23.4 Å². The largest absolute Gasteiger partial charge is 0.346 e. The Labute approximate surface area is 141 Å². The summed E-state index contributed by atoms with van der Waals surface area (Å²) in [7, 11) is 0. The SMILES string of the molecule is CSc1nc2c3c(nc(Cl)c(F)c3n1)CC(=O)C1CCCCN21. The minimum atomic E-state index is -0.646. The molecule has 0 bridgehead atoms. The standard InChI is InChI=1S/C15H14ClFN4OS/c1-23-15-19-12-10-7(18-13(16)11(12)17)6-9(22)8-4-2-3-5-21(8)14(10)20-15/h8H,2-6H2,1H3. The van der Waals surface area contributed by atoms with Crippen molar-refractivity contribution >= 4 is 45.9 Å². The summed E-state index contributed by atoms with van der Waals surface area (Å²) in [6.45, 7) is 0.736. The van der Waals surface area contributed by atoms with Crippen molar-refractivity contribution in [1.82, 2.24) is 15.0 Å². The van der Waals surface area contributed by atoms with Crippen LogP contribution in [0.2, 0.25) is 5.15 Å². The molecule has 2 aliphatic heterocycles. The third kappa shape index (κ3) is 2.29. The first-order chi connectivity index (χ1) is 11.1. The number of carbonyl (C=O) groups excluding carboxylic acids is 1. The maximum atomic E-state index is 14.5. The van der Waals surface area contributed by atoms with Crippen molar-refractivity contribution in [1.29, 1.82) is 0 Å². The Morgan fingerprint density at radius 3 is 2.91 bits per heavy atom. The summed E-state index contributed by atoms with van der Waals surface area (Å²) < 4.78 is 14.5. The van der Waals surface area contributed by atoms with Crippen LogP contribution in [0.5, 0.6) is 0 Å². The monoisotopic (exact) mass is 352 g/mol. The van der Waals surface area contributed by atoms with Gasteiger partial charge in [-0.25, -0.2) is 19.3 Å². The van der Waals surface area contributed by atoms with Crippen LogP contribution in [0.1, 0.15) is 25.0 Å². The number of hydrogen-bond donors (Lipinski definition) is 0. The highest BCUT2D eigenvalue weighted by Crippen LogP contribution is 2.38. The third-order valence-corrected chi connectivity index (χ3v) is 5.25. The van der Waals surface area contributed by atoms with Gasteiger partial charge in [0.05, 0.1) is 23.5 Å². The predicted molar refractivity (Wildman–Crippen MR) is 87.8 cm³/mol. The van der Waals surface area contributed by atoms with Crippen LogP contribution in [0.25, 0.3) is 10.9 Å². The van der Waals surface area contributed by atoms with Gasteiger partial charge in [-0.1, -0.05) is 23.4 Å². The van der Waals surface area contributed by atoms with Gasteiger partial charge in [-0.05, 0) is 25.5 Å². The summed E-state index contributed by atoms with van der Waals surface area (Å²) in [5, 5.41) is 0.762. The number of pyridine rings is 1. The number of halogens is 2. The fourth-order valence-electron chi connectivity index (χ4n) is 3.40. The Balaban J connectivity index is 2.08. The quantitative estimate of drug-likeness (QED) is 0.446. The molecule has 2 aromatic rings. The van der Waals surface area contributed by atoms with Crippen molar-refractivity contribution in [3.63, 3.8) is 0 Å². The van der Waals surface area contributed by atoms with Crippen molar-refractivity contribution < 1.29 is 9.18 Å². The van der Waals surface area contributed by atoms with E-state index >= 15 is 0 Å². The zero-order chi connectivity index (χ0) is 16.1. The second kappa shape index (κ2) is 5.56. The van der Waals surface area contributed by atoms with Gasteiger partial charge in [0, 0.05) is 6.54 Å². The molecule has 4 heterocycles. The summed E-state index contributed by atoms with van der Waals surface area (Å²) in [4.78, 5) is 27.6. The number of fused-ring (bicyclic) bond motifs is 2. The lowest BCUT2D eigenvalue weighted by Gasteiger charge is -2.34. The van der Waals surface area contributed by atoms with Crippen LogP contribution in [0, 0.1) is 5.82 Å². The lowest BCUT2D eigenvalue weighted by Crippen LogP contribution is -2.45. The maximum Gasteiger partial charge on any atom is 0.189 e. The molecule has 0 N–H and O–H groups in total. The number of thioether (sulfide) groups is 1. The summed E-state index contributed by atoms with van der Waals surface area (Å²) in [6, 6.07) is -0.215. The average molecular weight is 353 g/mol. The molecule has 0 spiro atoms. The average Bonchev–Trinajstić information content (AvgIpc) is 2.68. The van der Waals surface area contributed by atoms with Gasteiger partial charge in [0.15, 0.2) is 21.9 Å². The van der Waals surface area contributed by atoms with E-state index in [0.717, 1.165) is 25.8 Å². The van der Waals surface area contributed by atoms with E-state index in [1.165, 1.54) is 11.8 Å². The van der Waals surface area contributed by atoms with E-state index in [1.807, 2.05) is 11.2 Å². The van der Waals surface area contributed by atoms with Crippen LogP contribution in [-0.4, -0.2) is 39.6 Å². The topological polar surface area (TPSA) is 59.0 Å². The zero-order valence-corrected chi connectivity index (χ0v) is 14.0. The molecule has 4 rings (SSSR count). The van der Waals surface area contributed by atoms with Gasteiger partial charge in [0.2, 0.25) is 0 Å². The molecule has 0 aliphatic carbocycles. The normalized spacial score (nSPS) is 20.6. The highest BCUT2D eigenvalue weighted by molar-refractivity contribution is 7.98. The fraction of sp³-hybridized carbons (Fsp3) is 0.467. The Morgan fingerprint density at radius 2 is 2.13 bits per heavy atom. The molecule has 1 atom stereocenters. The van der Waals surface area contributed by atoms with E-state index in [0.29, 0.717) is 22.1 Å². The number of Topliss-reactive ketones (excluding diaryl/α,β-unsaturated/α-hetero) is 1. The molecule has 120 valence electrons. The van der Waals surface area contributed by atoms with Gasteiger partial charge in [-0.2, -0.15) is 0 Å². The summed E-state index contributed by atoms with van der Waals surface area (Å²) in [6.07, 6.45) is 4.78. The summed E-state index contributed by atoms with van der Waals surface area (Å²) >= 11 is 7.26. The summed E-state index contributed by atoms with van der Waals surface area (Å²) in [5.41, 5.74) is 0.641. The van der Waals surface area contributed by atoms with E-state index in [-0.39, 0.29) is 28.9 Å². The molecule has 2 aromatic heterocycles. The number of rotatable bonds is 1. The van der Waals surface area contributed by atoms with Gasteiger partial charge < -0.3 is 4.90 Å². The van der Waals surface area contributed by atoms with Crippen LogP contribution in [-0.2, 0) is 11.2 Å². The van der Waals surface area contributed by atoms with Crippen LogP contribution in [0.3, 0.4) is 0 Å². The van der Waals surface area contributed by atoms with E-state index < -0.39 is 5.82 Å². The van der Waals surface area contributed by atoms with Crippen LogP contribution < -0.4 is 4.90 Å². The number of piperidine rings is 1. The van der Waals surface area contributed by atoms with Gasteiger partial charge >= 0.3 is 0 Å². The Morgan fingerprint density at radius 1 is 1.30 bits per heavy atom. The number of anilines is 1. The molecule has 1 fully saturated rings. The molecule has 1 saturated heterocycles. The smallest absolute Gasteiger partial charge is 0.189 e. The number of aromatic nitrogens is 3. The van der Waals surface area contributed by atoms with E-state index in [9.17, 15) is 9.18 Å². The molecule has 0 saturated carbocycles. The van der Waals surface area contributed by atoms with Gasteiger partial charge in [0.1, 0.15) is 11.3 Å². The molecule has 0 radical (unpaired) electrons. The molecule has 5 nitrogen and oxygen atoms in total. The Hall–Kier alpha value is -1.47. The molecule has 1 unspecified atom stereocenters. The maximum absolute atomic E-state index is 14.5. The molecule has 23 heavy (non-hydrogen) atoms. The zero-order valence-electron chi connectivity index (χ0n) is 12.5. The van der Waals surface area contributed by atoms with E-state index in [4.69, 9.17) is 11.6 Å². The number of hydrogen-bond acceptors (Lipinski definition) is 6. The second-order valence-corrected chi connectivity index (χ2v) is 6.90. The van der Waals surface area contributed by atoms with Crippen molar-refractivity contribution in [2.75, 3.05) is 17.7 Å². The van der Waals surface area contributed by atoms with Crippen molar-refractivity contribution in [3.8, 4) is 0 Å². The van der Waals surface area contributed by atoms with Crippen LogP contribution in [0.15, 0.2) is 5.16 Å². The number of carbonyl (C=O) groups is 1. The third-order valence-electron chi connectivity index (χ3n) is 4.45. The minimum absolute atomic E-state index is 0.0878. The molecular formula is C15H14ClFN4OS. The first kappa shape index (κ1) is 15.1. The number of nitrogens with zero attached hydrogens (tertiary/aromatic N) is 4. The predicted octanol–water partition coefficient (Wildman–Crippen LogP) is 3.02. The molecule has 0 amide bonds. The van der Waals surface area contributed by atoms with Gasteiger partial charge in [0.25, 0.3) is 0 Å². The summed E-state index contributed by atoms with van der Waals surface area (Å²) in [5.74, 6) is 0.0603. The van der Waals surface area contributed by atoms with Gasteiger partial charge in [-0.15, -0.1) is 0 Å².